The van der Waals surface area contributed by atoms with Gasteiger partial charge in [-0.15, -0.1) is 0 Å². The van der Waals surface area contributed by atoms with Gasteiger partial charge in [-0.25, -0.2) is 9.37 Å². The fraction of sp³-hybridized carbons (Fsp3) is 0.150. The lowest BCUT2D eigenvalue weighted by Gasteiger charge is -2.05. The Morgan fingerprint density at radius 2 is 1.81 bits per heavy atom. The van der Waals surface area contributed by atoms with E-state index in [-0.39, 0.29) is 29.3 Å². The van der Waals surface area contributed by atoms with Crippen LogP contribution in [0.2, 0.25) is 0 Å². The Balaban J connectivity index is 1.36. The van der Waals surface area contributed by atoms with Gasteiger partial charge in [0.1, 0.15) is 11.6 Å². The van der Waals surface area contributed by atoms with Gasteiger partial charge >= 0.3 is 12.1 Å². The summed E-state index contributed by atoms with van der Waals surface area (Å²) in [5.74, 6) is -1.63. The number of rotatable bonds is 6. The molecule has 0 spiro atoms. The zero-order valence-corrected chi connectivity index (χ0v) is 16.2. The van der Waals surface area contributed by atoms with Gasteiger partial charge in [0, 0.05) is 29.7 Å². The number of hydrogen-bond acceptors (Lipinski definition) is 6. The van der Waals surface area contributed by atoms with Crippen LogP contribution in [-0.2, 0) is 12.6 Å². The molecule has 0 saturated carbocycles. The van der Waals surface area contributed by atoms with Crippen molar-refractivity contribution in [1.82, 2.24) is 30.6 Å². The molecule has 2 heterocycles. The van der Waals surface area contributed by atoms with Crippen LogP contribution in [0.25, 0.3) is 22.8 Å². The van der Waals surface area contributed by atoms with E-state index in [1.807, 2.05) is 0 Å². The number of halogens is 4. The highest BCUT2D eigenvalue weighted by atomic mass is 19.4. The second kappa shape index (κ2) is 8.57. The minimum Gasteiger partial charge on any atom is -0.352 e. The van der Waals surface area contributed by atoms with E-state index >= 15 is 0 Å². The van der Waals surface area contributed by atoms with Crippen molar-refractivity contribution >= 4 is 5.91 Å². The number of H-pyrrole nitrogens is 1. The number of nitrogens with zero attached hydrogens (tertiary/aromatic N) is 4. The molecule has 8 nitrogen and oxygen atoms in total. The number of alkyl halides is 3. The first-order valence-electron chi connectivity index (χ1n) is 9.26. The van der Waals surface area contributed by atoms with E-state index in [1.54, 1.807) is 12.1 Å². The van der Waals surface area contributed by atoms with Crippen molar-refractivity contribution in [2.24, 2.45) is 0 Å². The number of nitrogens with one attached hydrogen (secondary N) is 2. The number of benzene rings is 2. The Hall–Kier alpha value is -4.09. The molecule has 4 aromatic rings. The third-order valence-electron chi connectivity index (χ3n) is 4.33. The lowest BCUT2D eigenvalue weighted by atomic mass is 10.1. The normalized spacial score (nSPS) is 11.5. The highest BCUT2D eigenvalue weighted by Gasteiger charge is 2.38. The molecule has 0 bridgehead atoms. The molecule has 32 heavy (non-hydrogen) atoms. The molecule has 12 heteroatoms. The van der Waals surface area contributed by atoms with Crippen LogP contribution in [-0.4, -0.2) is 37.8 Å². The lowest BCUT2D eigenvalue weighted by Crippen LogP contribution is -2.26. The van der Waals surface area contributed by atoms with Crippen molar-refractivity contribution in [3.63, 3.8) is 0 Å². The fourth-order valence-electron chi connectivity index (χ4n) is 2.79. The first-order valence-corrected chi connectivity index (χ1v) is 9.26. The van der Waals surface area contributed by atoms with Crippen molar-refractivity contribution in [1.29, 1.82) is 0 Å². The zero-order chi connectivity index (χ0) is 22.7. The van der Waals surface area contributed by atoms with Crippen LogP contribution in [0.15, 0.2) is 53.1 Å². The van der Waals surface area contributed by atoms with Crippen molar-refractivity contribution < 1.29 is 26.9 Å². The van der Waals surface area contributed by atoms with Gasteiger partial charge in [0.05, 0.1) is 0 Å². The maximum atomic E-state index is 13.0. The Labute approximate surface area is 177 Å². The summed E-state index contributed by atoms with van der Waals surface area (Å²) in [5, 5.41) is 12.8. The van der Waals surface area contributed by atoms with E-state index in [0.717, 1.165) is 0 Å². The number of aromatic nitrogens is 5. The number of hydrogen-bond donors (Lipinski definition) is 2. The van der Waals surface area contributed by atoms with Crippen molar-refractivity contribution in [3.8, 4) is 22.8 Å². The van der Waals surface area contributed by atoms with E-state index < -0.39 is 18.0 Å². The Morgan fingerprint density at radius 3 is 2.53 bits per heavy atom. The van der Waals surface area contributed by atoms with E-state index in [9.17, 15) is 22.4 Å². The van der Waals surface area contributed by atoms with E-state index in [4.69, 9.17) is 0 Å². The molecule has 0 atom stereocenters. The molecule has 2 aromatic carbocycles. The molecule has 0 aliphatic carbocycles. The predicted molar refractivity (Wildman–Crippen MR) is 103 cm³/mol. The van der Waals surface area contributed by atoms with Crippen molar-refractivity contribution in [2.45, 2.75) is 12.6 Å². The Kier molecular flexibility index (Phi) is 5.67. The average molecular weight is 446 g/mol. The average Bonchev–Trinajstić information content (AvgIpc) is 3.44. The number of carbonyl (C=O) groups excluding carboxylic acids is 1. The van der Waals surface area contributed by atoms with Crippen molar-refractivity contribution in [3.05, 3.63) is 71.6 Å². The van der Waals surface area contributed by atoms with Crippen LogP contribution in [0, 0.1) is 5.82 Å². The summed E-state index contributed by atoms with van der Waals surface area (Å²) >= 11 is 0. The van der Waals surface area contributed by atoms with Gasteiger partial charge < -0.3 is 9.84 Å². The molecule has 0 fully saturated rings. The van der Waals surface area contributed by atoms with Gasteiger partial charge in [-0.2, -0.15) is 23.3 Å². The van der Waals surface area contributed by atoms with Crippen LogP contribution >= 0.6 is 0 Å². The molecular formula is C20H14F4N6O2. The summed E-state index contributed by atoms with van der Waals surface area (Å²) < 4.78 is 55.1. The predicted octanol–water partition coefficient (Wildman–Crippen LogP) is 3.65. The van der Waals surface area contributed by atoms with Crippen LogP contribution in [0.1, 0.15) is 22.1 Å². The van der Waals surface area contributed by atoms with Crippen molar-refractivity contribution in [2.75, 3.05) is 6.54 Å². The Bertz CT molecular complexity index is 1230. The van der Waals surface area contributed by atoms with E-state index in [0.29, 0.717) is 23.6 Å². The largest absolute Gasteiger partial charge is 0.471 e. The molecule has 0 aliphatic rings. The lowest BCUT2D eigenvalue weighted by molar-refractivity contribution is -0.159. The van der Waals surface area contributed by atoms with Gasteiger partial charge in [0.15, 0.2) is 5.82 Å². The van der Waals surface area contributed by atoms with Crippen LogP contribution in [0.3, 0.4) is 0 Å². The molecule has 2 N–H and O–H groups in total. The molecule has 4 rings (SSSR count). The van der Waals surface area contributed by atoms with Gasteiger partial charge in [0.25, 0.3) is 5.91 Å². The third-order valence-corrected chi connectivity index (χ3v) is 4.33. The monoisotopic (exact) mass is 446 g/mol. The van der Waals surface area contributed by atoms with Crippen LogP contribution < -0.4 is 5.32 Å². The smallest absolute Gasteiger partial charge is 0.352 e. The van der Waals surface area contributed by atoms with Gasteiger partial charge in [-0.3, -0.25) is 9.89 Å². The first-order chi connectivity index (χ1) is 15.3. The highest BCUT2D eigenvalue weighted by Crippen LogP contribution is 2.29. The molecule has 1 amide bonds. The third kappa shape index (κ3) is 4.79. The summed E-state index contributed by atoms with van der Waals surface area (Å²) in [4.78, 5) is 20.0. The Morgan fingerprint density at radius 1 is 1.03 bits per heavy atom. The minimum absolute atomic E-state index is 0.205. The SMILES string of the molecule is O=C(NCCc1nc(-c2ccc(F)cc2)n[nH]1)c1cccc(-c2noc(C(F)(F)F)n2)c1. The maximum Gasteiger partial charge on any atom is 0.471 e. The molecule has 164 valence electrons. The van der Waals surface area contributed by atoms with E-state index in [1.165, 1.54) is 36.4 Å². The molecular weight excluding hydrogens is 432 g/mol. The van der Waals surface area contributed by atoms with Gasteiger partial charge in [-0.1, -0.05) is 17.3 Å². The summed E-state index contributed by atoms with van der Waals surface area (Å²) in [6.45, 7) is 0.224. The molecule has 2 aromatic heterocycles. The van der Waals surface area contributed by atoms with E-state index in [2.05, 4.69) is 35.2 Å². The number of aromatic amines is 1. The van der Waals surface area contributed by atoms with Gasteiger partial charge in [-0.05, 0) is 36.4 Å². The van der Waals surface area contributed by atoms with Gasteiger partial charge in [0.2, 0.25) is 5.82 Å². The summed E-state index contributed by atoms with van der Waals surface area (Å²) in [6.07, 6.45) is -4.41. The minimum atomic E-state index is -4.75. The summed E-state index contributed by atoms with van der Waals surface area (Å²) in [6, 6.07) is 11.5. The quantitative estimate of drug-likeness (QED) is 0.438. The van der Waals surface area contributed by atoms with Crippen LogP contribution in [0.5, 0.6) is 0 Å². The maximum absolute atomic E-state index is 13.0. The summed E-state index contributed by atoms with van der Waals surface area (Å²) in [7, 11) is 0. The molecule has 0 aliphatic heterocycles. The second-order valence-electron chi connectivity index (χ2n) is 6.62. The number of amides is 1. The molecule has 0 unspecified atom stereocenters. The highest BCUT2D eigenvalue weighted by molar-refractivity contribution is 5.95. The summed E-state index contributed by atoms with van der Waals surface area (Å²) in [5.41, 5.74) is 1.06. The van der Waals surface area contributed by atoms with Crippen LogP contribution in [0.4, 0.5) is 17.6 Å². The molecule has 0 radical (unpaired) electrons. The number of carbonyl (C=O) groups is 1. The fourth-order valence-corrected chi connectivity index (χ4v) is 2.79. The topological polar surface area (TPSA) is 110 Å². The first kappa shape index (κ1) is 21.2. The molecule has 0 saturated heterocycles. The standard InChI is InChI=1S/C20H14F4N6O2/c21-14-6-4-11(5-7-14)16-26-15(28-29-16)8-9-25-18(31)13-3-1-2-12(10-13)17-27-19(32-30-17)20(22,23)24/h1-7,10H,8-9H2,(H,25,31)(H,26,28,29). The second-order valence-corrected chi connectivity index (χ2v) is 6.62. The zero-order valence-electron chi connectivity index (χ0n) is 16.2.